The van der Waals surface area contributed by atoms with E-state index in [0.29, 0.717) is 33.4 Å². The Bertz CT molecular complexity index is 1470. The summed E-state index contributed by atoms with van der Waals surface area (Å²) in [5, 5.41) is 11.5. The van der Waals surface area contributed by atoms with Gasteiger partial charge in [-0.1, -0.05) is 6.92 Å². The van der Waals surface area contributed by atoms with Crippen LogP contribution in [0.1, 0.15) is 35.6 Å². The first kappa shape index (κ1) is 20.4. The molecule has 0 bridgehead atoms. The van der Waals surface area contributed by atoms with E-state index in [1.54, 1.807) is 13.0 Å². The standard InChI is InChI=1S/C22H15ClF2N2O6/c1-2-21(30)13-4-15-18-11(7-27(15)19(28)12(13)8-31-20(21)29)10(6-23)9-3-16-17(5-14(9)26-18)33-22(24,25)32-16/h3-5,30H,2,6-8H2,1H3. The number of alkyl halides is 3. The highest BCUT2D eigenvalue weighted by Gasteiger charge is 2.46. The van der Waals surface area contributed by atoms with Crippen molar-refractivity contribution in [3.05, 3.63) is 50.8 Å². The van der Waals surface area contributed by atoms with Gasteiger partial charge in [0.05, 0.1) is 29.0 Å². The first-order chi connectivity index (χ1) is 15.7. The summed E-state index contributed by atoms with van der Waals surface area (Å²) >= 11 is 6.25. The molecule has 11 heteroatoms. The van der Waals surface area contributed by atoms with Crippen molar-refractivity contribution in [1.29, 1.82) is 0 Å². The fourth-order valence-corrected chi connectivity index (χ4v) is 5.06. The van der Waals surface area contributed by atoms with E-state index in [1.165, 1.54) is 16.7 Å². The molecule has 0 spiro atoms. The predicted octanol–water partition coefficient (Wildman–Crippen LogP) is 3.14. The van der Waals surface area contributed by atoms with Crippen LogP contribution < -0.4 is 15.0 Å². The number of aliphatic hydroxyl groups is 1. The summed E-state index contributed by atoms with van der Waals surface area (Å²) < 4.78 is 42.8. The number of halogens is 3. The molecule has 0 aliphatic carbocycles. The van der Waals surface area contributed by atoms with Gasteiger partial charge in [0.2, 0.25) is 0 Å². The normalized spacial score (nSPS) is 21.5. The number of fused-ring (bicyclic) bond motifs is 6. The summed E-state index contributed by atoms with van der Waals surface area (Å²) in [6, 6.07) is 4.31. The predicted molar refractivity (Wildman–Crippen MR) is 110 cm³/mol. The minimum Gasteiger partial charge on any atom is -0.458 e. The third-order valence-electron chi connectivity index (χ3n) is 6.46. The lowest BCUT2D eigenvalue weighted by Crippen LogP contribution is -2.44. The molecule has 6 rings (SSSR count). The SMILES string of the molecule is CCC1(O)C(=O)OCc2c1cc1n(c2=O)Cc2c-1nc1cc3c(cc1c2CCl)OC(F)(F)O3. The number of nitrogens with zero attached hydrogens (tertiary/aromatic N) is 2. The van der Waals surface area contributed by atoms with Crippen LogP contribution in [-0.4, -0.2) is 26.9 Å². The number of aromatic nitrogens is 2. The molecule has 8 nitrogen and oxygen atoms in total. The van der Waals surface area contributed by atoms with Crippen LogP contribution >= 0.6 is 11.6 Å². The highest BCUT2D eigenvalue weighted by molar-refractivity contribution is 6.18. The molecule has 1 atom stereocenters. The summed E-state index contributed by atoms with van der Waals surface area (Å²) in [5.41, 5.74) is 0.432. The maximum Gasteiger partial charge on any atom is 0.586 e. The van der Waals surface area contributed by atoms with Crippen LogP contribution in [0, 0.1) is 0 Å². The monoisotopic (exact) mass is 476 g/mol. The molecule has 0 saturated heterocycles. The van der Waals surface area contributed by atoms with E-state index in [4.69, 9.17) is 16.3 Å². The van der Waals surface area contributed by atoms with Crippen LogP contribution in [0.4, 0.5) is 8.78 Å². The topological polar surface area (TPSA) is 99.9 Å². The Labute approximate surface area is 189 Å². The van der Waals surface area contributed by atoms with Gasteiger partial charge in [-0.15, -0.1) is 20.4 Å². The zero-order valence-corrected chi connectivity index (χ0v) is 17.8. The molecule has 3 aromatic rings. The number of hydrogen-bond acceptors (Lipinski definition) is 7. The molecule has 1 unspecified atom stereocenters. The Kier molecular flexibility index (Phi) is 3.96. The second-order valence-electron chi connectivity index (χ2n) is 8.14. The molecule has 0 radical (unpaired) electrons. The molecule has 1 N–H and O–H groups in total. The largest absolute Gasteiger partial charge is 0.586 e. The highest BCUT2D eigenvalue weighted by Crippen LogP contribution is 2.46. The minimum atomic E-state index is -3.78. The maximum absolute atomic E-state index is 13.6. The molecular weight excluding hydrogens is 462 g/mol. The third-order valence-corrected chi connectivity index (χ3v) is 6.73. The van der Waals surface area contributed by atoms with Gasteiger partial charge in [-0.2, -0.15) is 0 Å². The van der Waals surface area contributed by atoms with Gasteiger partial charge in [-0.25, -0.2) is 9.78 Å². The number of carbonyl (C=O) groups is 1. The quantitative estimate of drug-likeness (QED) is 0.350. The Hall–Kier alpha value is -3.24. The van der Waals surface area contributed by atoms with Gasteiger partial charge < -0.3 is 23.9 Å². The summed E-state index contributed by atoms with van der Waals surface area (Å²) in [4.78, 5) is 30.2. The fourth-order valence-electron chi connectivity index (χ4n) is 4.76. The van der Waals surface area contributed by atoms with Crippen molar-refractivity contribution in [3.63, 3.8) is 0 Å². The molecular formula is C22H15ClF2N2O6. The number of hydrogen-bond donors (Lipinski definition) is 1. The van der Waals surface area contributed by atoms with Crippen LogP contribution in [-0.2, 0) is 34.2 Å². The van der Waals surface area contributed by atoms with Crippen molar-refractivity contribution < 1.29 is 32.9 Å². The Morgan fingerprint density at radius 2 is 1.91 bits per heavy atom. The van der Waals surface area contributed by atoms with Gasteiger partial charge in [-0.3, -0.25) is 4.79 Å². The van der Waals surface area contributed by atoms with Crippen molar-refractivity contribution in [3.8, 4) is 22.9 Å². The van der Waals surface area contributed by atoms with E-state index in [9.17, 15) is 23.5 Å². The van der Waals surface area contributed by atoms with Gasteiger partial charge in [0.15, 0.2) is 17.1 Å². The average Bonchev–Trinajstić information content (AvgIpc) is 3.29. The molecule has 0 fully saturated rings. The van der Waals surface area contributed by atoms with Gasteiger partial charge in [0, 0.05) is 28.5 Å². The van der Waals surface area contributed by atoms with Crippen LogP contribution in [0.3, 0.4) is 0 Å². The minimum absolute atomic E-state index is 0.0182. The van der Waals surface area contributed by atoms with Crippen LogP contribution in [0.2, 0.25) is 0 Å². The zero-order chi connectivity index (χ0) is 23.3. The number of ether oxygens (including phenoxy) is 3. The highest BCUT2D eigenvalue weighted by atomic mass is 35.5. The lowest BCUT2D eigenvalue weighted by atomic mass is 9.86. The molecule has 170 valence electrons. The lowest BCUT2D eigenvalue weighted by Gasteiger charge is -2.31. The van der Waals surface area contributed by atoms with Crippen LogP contribution in [0.25, 0.3) is 22.3 Å². The maximum atomic E-state index is 13.6. The second-order valence-corrected chi connectivity index (χ2v) is 8.41. The molecule has 0 saturated carbocycles. The van der Waals surface area contributed by atoms with Crippen molar-refractivity contribution in [2.75, 3.05) is 0 Å². The van der Waals surface area contributed by atoms with Crippen LogP contribution in [0.15, 0.2) is 23.0 Å². The number of cyclic esters (lactones) is 1. The summed E-state index contributed by atoms with van der Waals surface area (Å²) in [6.07, 6.45) is -3.76. The molecule has 3 aliphatic heterocycles. The molecule has 33 heavy (non-hydrogen) atoms. The van der Waals surface area contributed by atoms with E-state index in [0.717, 1.165) is 0 Å². The van der Waals surface area contributed by atoms with E-state index in [2.05, 4.69) is 14.5 Å². The van der Waals surface area contributed by atoms with Crippen molar-refractivity contribution in [1.82, 2.24) is 9.55 Å². The third kappa shape index (κ3) is 2.61. The van der Waals surface area contributed by atoms with E-state index < -0.39 is 23.4 Å². The number of carbonyl (C=O) groups excluding carboxylic acids is 1. The van der Waals surface area contributed by atoms with Crippen LogP contribution in [0.5, 0.6) is 11.5 Å². The fraction of sp³-hybridized carbons (Fsp3) is 0.318. The van der Waals surface area contributed by atoms with E-state index in [1.807, 2.05) is 0 Å². The molecule has 0 amide bonds. The summed E-state index contributed by atoms with van der Waals surface area (Å²) in [5.74, 6) is -1.08. The summed E-state index contributed by atoms with van der Waals surface area (Å²) in [7, 11) is 0. The van der Waals surface area contributed by atoms with Gasteiger partial charge in [-0.05, 0) is 24.1 Å². The summed E-state index contributed by atoms with van der Waals surface area (Å²) in [6.45, 7) is 1.52. The van der Waals surface area contributed by atoms with Gasteiger partial charge in [0.25, 0.3) is 5.56 Å². The molecule has 1 aromatic carbocycles. The van der Waals surface area contributed by atoms with E-state index in [-0.39, 0.29) is 48.1 Å². The second kappa shape index (κ2) is 6.42. The van der Waals surface area contributed by atoms with Crippen molar-refractivity contribution in [2.24, 2.45) is 0 Å². The lowest BCUT2D eigenvalue weighted by molar-refractivity contribution is -0.286. The molecule has 5 heterocycles. The smallest absolute Gasteiger partial charge is 0.458 e. The van der Waals surface area contributed by atoms with Crippen molar-refractivity contribution >= 4 is 28.5 Å². The first-order valence-electron chi connectivity index (χ1n) is 10.2. The zero-order valence-electron chi connectivity index (χ0n) is 17.1. The Balaban J connectivity index is 1.62. The Morgan fingerprint density at radius 1 is 1.18 bits per heavy atom. The van der Waals surface area contributed by atoms with E-state index >= 15 is 0 Å². The van der Waals surface area contributed by atoms with Gasteiger partial charge in [0.1, 0.15) is 6.61 Å². The Morgan fingerprint density at radius 3 is 2.61 bits per heavy atom. The van der Waals surface area contributed by atoms with Gasteiger partial charge >= 0.3 is 12.3 Å². The number of benzene rings is 1. The molecule has 3 aliphatic rings. The van der Waals surface area contributed by atoms with Crippen molar-refractivity contribution in [2.45, 2.75) is 44.3 Å². The average molecular weight is 477 g/mol. The molecule has 2 aromatic heterocycles. The number of esters is 1. The number of pyridine rings is 2. The number of rotatable bonds is 2. The first-order valence-corrected chi connectivity index (χ1v) is 10.7.